The van der Waals surface area contributed by atoms with Gasteiger partial charge in [-0.15, -0.1) is 0 Å². The van der Waals surface area contributed by atoms with Gasteiger partial charge < -0.3 is 9.84 Å². The van der Waals surface area contributed by atoms with Gasteiger partial charge in [0, 0.05) is 0 Å². The van der Waals surface area contributed by atoms with Crippen LogP contribution in [-0.4, -0.2) is 31.2 Å². The Morgan fingerprint density at radius 3 is 1.60 bits per heavy atom. The quantitative estimate of drug-likeness (QED) is 0.219. The predicted molar refractivity (Wildman–Crippen MR) is 129 cm³/mol. The highest BCUT2D eigenvalue weighted by Crippen LogP contribution is 2.41. The van der Waals surface area contributed by atoms with Gasteiger partial charge in [-0.1, -0.05) is 104 Å². The fraction of sp³-hybridized carbons (Fsp3) is 0.900. The van der Waals surface area contributed by atoms with Crippen molar-refractivity contribution >= 4 is 81.5 Å². The van der Waals surface area contributed by atoms with Gasteiger partial charge in [-0.25, -0.2) is 0 Å². The Morgan fingerprint density at radius 1 is 0.833 bits per heavy atom. The lowest BCUT2D eigenvalue weighted by Gasteiger charge is -2.31. The zero-order valence-electron chi connectivity index (χ0n) is 18.5. The summed E-state index contributed by atoms with van der Waals surface area (Å²) < 4.78 is 2.33. The average molecular weight is 551 g/mol. The molecule has 4 nitrogen and oxygen atoms in total. The summed E-state index contributed by atoms with van der Waals surface area (Å²) in [6, 6.07) is 0. The lowest BCUT2D eigenvalue weighted by molar-refractivity contribution is -0.147. The van der Waals surface area contributed by atoms with E-state index in [1.807, 2.05) is 34.6 Å². The molecule has 10 heteroatoms. The Labute approximate surface area is 211 Å². The second kappa shape index (κ2) is 14.1. The molecular formula is C20H34Cl6O4. The highest BCUT2D eigenvalue weighted by molar-refractivity contribution is 6.67. The molecule has 0 saturated carbocycles. The van der Waals surface area contributed by atoms with Gasteiger partial charge in [0.15, 0.2) is 7.59 Å². The number of esters is 1. The molecule has 0 aliphatic heterocycles. The van der Waals surface area contributed by atoms with Crippen LogP contribution in [0.1, 0.15) is 80.1 Å². The molecule has 1 N–H and O–H groups in total. The molecule has 30 heavy (non-hydrogen) atoms. The third kappa shape index (κ3) is 18.3. The number of ether oxygens (including phenoxy) is 1. The molecule has 1 atom stereocenters. The van der Waals surface area contributed by atoms with E-state index in [1.54, 1.807) is 6.92 Å². The molecule has 0 aromatic rings. The third-order valence-corrected chi connectivity index (χ3v) is 5.85. The smallest absolute Gasteiger partial charge is 0.307 e. The fourth-order valence-electron chi connectivity index (χ4n) is 2.87. The van der Waals surface area contributed by atoms with E-state index < -0.39 is 19.5 Å². The van der Waals surface area contributed by atoms with Gasteiger partial charge in [-0.3, -0.25) is 9.59 Å². The summed E-state index contributed by atoms with van der Waals surface area (Å²) in [4.78, 5) is 22.3. The van der Waals surface area contributed by atoms with Gasteiger partial charge in [0.1, 0.15) is 0 Å². The molecule has 0 aliphatic rings. The number of hydrogen-bond donors (Lipinski definition) is 1. The lowest BCUT2D eigenvalue weighted by Crippen LogP contribution is -2.31. The number of carboxylic acids is 1. The van der Waals surface area contributed by atoms with Crippen LogP contribution < -0.4 is 0 Å². The molecule has 1 unspecified atom stereocenters. The monoisotopic (exact) mass is 548 g/mol. The SMILES string of the molecule is CCC(C(=O)O)C(C)(C)CCC(Cl)(Cl)Cl.CCOC(=O)CC(C)(C)CCC(Cl)(Cl)Cl. The van der Waals surface area contributed by atoms with Crippen LogP contribution in [0.25, 0.3) is 0 Å². The molecule has 0 amide bonds. The van der Waals surface area contributed by atoms with E-state index in [4.69, 9.17) is 79.4 Å². The summed E-state index contributed by atoms with van der Waals surface area (Å²) in [6.07, 6.45) is 2.99. The van der Waals surface area contributed by atoms with Crippen LogP contribution in [0.4, 0.5) is 0 Å². The normalized spacial score (nSPS) is 13.9. The maximum atomic E-state index is 11.3. The first-order chi connectivity index (χ1) is 13.3. The Hall–Kier alpha value is 0.680. The summed E-state index contributed by atoms with van der Waals surface area (Å²) >= 11 is 33.9. The minimum Gasteiger partial charge on any atom is -0.481 e. The number of aliphatic carboxylic acids is 1. The van der Waals surface area contributed by atoms with Crippen LogP contribution in [0, 0.1) is 16.7 Å². The average Bonchev–Trinajstić information content (AvgIpc) is 2.50. The van der Waals surface area contributed by atoms with E-state index in [2.05, 4.69) is 0 Å². The van der Waals surface area contributed by atoms with E-state index in [0.29, 0.717) is 45.1 Å². The maximum Gasteiger partial charge on any atom is 0.307 e. The highest BCUT2D eigenvalue weighted by atomic mass is 35.6. The highest BCUT2D eigenvalue weighted by Gasteiger charge is 2.35. The predicted octanol–water partition coefficient (Wildman–Crippen LogP) is 8.39. The lowest BCUT2D eigenvalue weighted by atomic mass is 9.74. The van der Waals surface area contributed by atoms with E-state index in [1.165, 1.54) is 0 Å². The summed E-state index contributed by atoms with van der Waals surface area (Å²) in [5, 5.41) is 9.04. The van der Waals surface area contributed by atoms with Gasteiger partial charge in [0.05, 0.1) is 18.9 Å². The van der Waals surface area contributed by atoms with Crippen molar-refractivity contribution in [1.82, 2.24) is 0 Å². The number of hydrogen-bond acceptors (Lipinski definition) is 3. The van der Waals surface area contributed by atoms with Crippen LogP contribution in [0.3, 0.4) is 0 Å². The first-order valence-corrected chi connectivity index (χ1v) is 12.0. The van der Waals surface area contributed by atoms with E-state index in [9.17, 15) is 9.59 Å². The molecule has 0 saturated heterocycles. The molecule has 0 aliphatic carbocycles. The minimum absolute atomic E-state index is 0.198. The van der Waals surface area contributed by atoms with E-state index >= 15 is 0 Å². The fourth-order valence-corrected chi connectivity index (χ4v) is 3.44. The number of carboxylic acid groups (broad SMARTS) is 1. The third-order valence-electron chi connectivity index (χ3n) is 4.72. The van der Waals surface area contributed by atoms with Crippen molar-refractivity contribution < 1.29 is 19.4 Å². The number of alkyl halides is 6. The molecule has 0 heterocycles. The van der Waals surface area contributed by atoms with Gasteiger partial charge in [0.25, 0.3) is 0 Å². The molecule has 0 aromatic heterocycles. The molecule has 0 rings (SSSR count). The second-order valence-electron chi connectivity index (χ2n) is 8.66. The van der Waals surface area contributed by atoms with Crippen molar-refractivity contribution in [3.05, 3.63) is 0 Å². The Morgan fingerprint density at radius 2 is 1.27 bits per heavy atom. The second-order valence-corrected chi connectivity index (χ2v) is 13.7. The van der Waals surface area contributed by atoms with Crippen LogP contribution in [0.2, 0.25) is 0 Å². The molecule has 0 aromatic carbocycles. The van der Waals surface area contributed by atoms with Gasteiger partial charge in [-0.05, 0) is 49.9 Å². The summed E-state index contributed by atoms with van der Waals surface area (Å²) in [5.74, 6) is -1.39. The number of rotatable bonds is 10. The largest absolute Gasteiger partial charge is 0.481 e. The first-order valence-electron chi connectivity index (χ1n) is 9.78. The summed E-state index contributed by atoms with van der Waals surface area (Å²) in [6.45, 7) is 11.7. The van der Waals surface area contributed by atoms with Crippen LogP contribution in [0.5, 0.6) is 0 Å². The molecule has 0 fully saturated rings. The molecule has 180 valence electrons. The van der Waals surface area contributed by atoms with Crippen molar-refractivity contribution in [3.63, 3.8) is 0 Å². The van der Waals surface area contributed by atoms with E-state index in [-0.39, 0.29) is 16.8 Å². The Balaban J connectivity index is 0. The van der Waals surface area contributed by atoms with Crippen molar-refractivity contribution in [1.29, 1.82) is 0 Å². The number of carbonyl (C=O) groups is 2. The van der Waals surface area contributed by atoms with Crippen molar-refractivity contribution in [2.24, 2.45) is 16.7 Å². The molecule has 0 radical (unpaired) electrons. The summed E-state index contributed by atoms with van der Waals surface area (Å²) in [7, 11) is 0. The van der Waals surface area contributed by atoms with Crippen molar-refractivity contribution in [2.45, 2.75) is 87.7 Å². The standard InChI is InChI=1S/2C10H17Cl3O2/c1-4-15-8(14)7-9(2,3)5-6-10(11,12)13;1-4-7(8(14)15)9(2,3)5-6-10(11,12)13/h4-7H2,1-3H3;7H,4-6H2,1-3H3,(H,14,15). The van der Waals surface area contributed by atoms with E-state index in [0.717, 1.165) is 0 Å². The van der Waals surface area contributed by atoms with Crippen LogP contribution in [0.15, 0.2) is 0 Å². The van der Waals surface area contributed by atoms with Crippen LogP contribution in [-0.2, 0) is 14.3 Å². The van der Waals surface area contributed by atoms with Crippen molar-refractivity contribution in [3.8, 4) is 0 Å². The minimum atomic E-state index is -1.30. The zero-order valence-corrected chi connectivity index (χ0v) is 23.0. The topological polar surface area (TPSA) is 63.6 Å². The Bertz CT molecular complexity index is 522. The molecule has 0 bridgehead atoms. The summed E-state index contributed by atoms with van der Waals surface area (Å²) in [5.41, 5.74) is -0.555. The van der Waals surface area contributed by atoms with Gasteiger partial charge in [0.2, 0.25) is 0 Å². The molecular weight excluding hydrogens is 517 g/mol. The zero-order chi connectivity index (χ0) is 24.4. The molecule has 0 spiro atoms. The van der Waals surface area contributed by atoms with Crippen LogP contribution >= 0.6 is 69.6 Å². The van der Waals surface area contributed by atoms with Gasteiger partial charge >= 0.3 is 11.9 Å². The van der Waals surface area contributed by atoms with Gasteiger partial charge in [-0.2, -0.15) is 0 Å². The Kier molecular flexibility index (Phi) is 15.4. The number of halogens is 6. The van der Waals surface area contributed by atoms with Crippen molar-refractivity contribution in [2.75, 3.05) is 6.61 Å². The maximum absolute atomic E-state index is 11.3. The number of carbonyl (C=O) groups excluding carboxylic acids is 1. The first kappa shape index (κ1) is 32.9.